The molecule has 1 fully saturated rings. The average molecular weight is 488 g/mol. The van der Waals surface area contributed by atoms with E-state index in [1.165, 1.54) is 21.6 Å². The average Bonchev–Trinajstić information content (AvgIpc) is 3.61. The van der Waals surface area contributed by atoms with Crippen LogP contribution in [-0.2, 0) is 22.9 Å². The van der Waals surface area contributed by atoms with Gasteiger partial charge in [0.15, 0.2) is 9.84 Å². The van der Waals surface area contributed by atoms with Crippen molar-refractivity contribution < 1.29 is 23.1 Å². The minimum absolute atomic E-state index is 0.0395. The third kappa shape index (κ3) is 4.65. The molecule has 0 radical (unpaired) electrons. The van der Waals surface area contributed by atoms with E-state index in [0.717, 1.165) is 11.1 Å². The number of aliphatic hydroxyl groups excluding tert-OH is 1. The molecule has 0 bridgehead atoms. The van der Waals surface area contributed by atoms with Crippen LogP contribution in [0.2, 0.25) is 0 Å². The van der Waals surface area contributed by atoms with Crippen molar-refractivity contribution in [3.63, 3.8) is 0 Å². The molecule has 34 heavy (non-hydrogen) atoms. The summed E-state index contributed by atoms with van der Waals surface area (Å²) in [6.45, 7) is 2.50. The van der Waals surface area contributed by atoms with Crippen LogP contribution in [0.4, 0.5) is 0 Å². The Bertz CT molecular complexity index is 1260. The lowest BCUT2D eigenvalue weighted by Crippen LogP contribution is -2.50. The van der Waals surface area contributed by atoms with Crippen LogP contribution in [-0.4, -0.2) is 65.0 Å². The number of carbonyl (C=O) groups excluding carboxylic acids is 2. The summed E-state index contributed by atoms with van der Waals surface area (Å²) in [7, 11) is -3.44. The van der Waals surface area contributed by atoms with Gasteiger partial charge in [0.2, 0.25) is 0 Å². The Morgan fingerprint density at radius 2 is 1.79 bits per heavy atom. The van der Waals surface area contributed by atoms with Gasteiger partial charge in [-0.1, -0.05) is 29.8 Å². The van der Waals surface area contributed by atoms with E-state index in [1.807, 2.05) is 31.2 Å². The maximum absolute atomic E-state index is 13.1. The fourth-order valence-electron chi connectivity index (χ4n) is 4.30. The predicted octanol–water partition coefficient (Wildman–Crippen LogP) is 0.872. The Labute approximate surface area is 198 Å². The van der Waals surface area contributed by atoms with Crippen molar-refractivity contribution in [3.8, 4) is 0 Å². The van der Waals surface area contributed by atoms with Crippen LogP contribution < -0.4 is 10.9 Å². The number of amides is 2. The van der Waals surface area contributed by atoms with Crippen molar-refractivity contribution >= 4 is 21.7 Å². The van der Waals surface area contributed by atoms with E-state index in [0.29, 0.717) is 12.8 Å². The quantitative estimate of drug-likeness (QED) is 0.541. The molecule has 9 nitrogen and oxygen atoms in total. The van der Waals surface area contributed by atoms with Crippen LogP contribution in [0, 0.1) is 6.92 Å². The molecule has 1 aliphatic carbocycles. The van der Waals surface area contributed by atoms with Crippen LogP contribution in [0.15, 0.2) is 41.2 Å². The van der Waals surface area contributed by atoms with Crippen LogP contribution >= 0.6 is 0 Å². The van der Waals surface area contributed by atoms with E-state index in [-0.39, 0.29) is 56.2 Å². The Morgan fingerprint density at radius 1 is 1.09 bits per heavy atom. The van der Waals surface area contributed by atoms with Gasteiger partial charge in [-0.25, -0.2) is 8.42 Å². The van der Waals surface area contributed by atoms with E-state index in [9.17, 15) is 22.8 Å². The van der Waals surface area contributed by atoms with E-state index < -0.39 is 32.0 Å². The summed E-state index contributed by atoms with van der Waals surface area (Å²) in [4.78, 5) is 40.1. The molecule has 2 heterocycles. The number of nitrogens with one attached hydrogen (secondary N) is 1. The van der Waals surface area contributed by atoms with Crippen molar-refractivity contribution in [1.82, 2.24) is 14.8 Å². The number of hydrogen-bond donors (Lipinski definition) is 2. The van der Waals surface area contributed by atoms with Gasteiger partial charge in [0.1, 0.15) is 11.3 Å². The van der Waals surface area contributed by atoms with Gasteiger partial charge in [-0.3, -0.25) is 14.4 Å². The third-order valence-electron chi connectivity index (χ3n) is 6.61. The second-order valence-electron chi connectivity index (χ2n) is 9.06. The first-order chi connectivity index (χ1) is 16.2. The molecule has 1 aromatic carbocycles. The molecule has 0 spiro atoms. The van der Waals surface area contributed by atoms with Crippen molar-refractivity contribution in [3.05, 3.63) is 69.1 Å². The Morgan fingerprint density at radius 3 is 2.44 bits per heavy atom. The van der Waals surface area contributed by atoms with Crippen LogP contribution in [0.1, 0.15) is 51.2 Å². The molecular weight excluding hydrogens is 458 g/mol. The highest BCUT2D eigenvalue weighted by Gasteiger charge is 2.55. The lowest BCUT2D eigenvalue weighted by atomic mass is 10.1. The number of hydrogen-bond acceptors (Lipinski definition) is 6. The zero-order chi connectivity index (χ0) is 24.5. The molecule has 1 aliphatic heterocycles. The summed E-state index contributed by atoms with van der Waals surface area (Å²) >= 11 is 0. The number of aryl methyl sites for hydroxylation is 1. The van der Waals surface area contributed by atoms with E-state index in [1.54, 1.807) is 0 Å². The minimum Gasteiger partial charge on any atom is -0.396 e. The maximum atomic E-state index is 13.1. The normalized spacial score (nSPS) is 16.8. The number of sulfone groups is 1. The molecule has 2 aromatic rings. The van der Waals surface area contributed by atoms with Gasteiger partial charge < -0.3 is 19.9 Å². The van der Waals surface area contributed by atoms with Crippen molar-refractivity contribution in [2.24, 2.45) is 0 Å². The lowest BCUT2D eigenvalue weighted by Gasteiger charge is -2.32. The van der Waals surface area contributed by atoms with Gasteiger partial charge in [0.05, 0.1) is 10.5 Å². The first kappa shape index (κ1) is 24.2. The second-order valence-corrected chi connectivity index (χ2v) is 11.6. The minimum atomic E-state index is -3.44. The molecule has 0 unspecified atom stereocenters. The molecule has 0 atom stereocenters. The van der Waals surface area contributed by atoms with E-state index in [4.69, 9.17) is 5.11 Å². The highest BCUT2D eigenvalue weighted by atomic mass is 32.2. The number of aromatic nitrogens is 1. The van der Waals surface area contributed by atoms with Gasteiger partial charge in [0.25, 0.3) is 17.4 Å². The van der Waals surface area contributed by atoms with Gasteiger partial charge in [-0.15, -0.1) is 0 Å². The molecule has 2 amide bonds. The topological polar surface area (TPSA) is 126 Å². The summed E-state index contributed by atoms with van der Waals surface area (Å²) < 4.78 is 25.7. The summed E-state index contributed by atoms with van der Waals surface area (Å²) in [5.41, 5.74) is 1.59. The van der Waals surface area contributed by atoms with Crippen LogP contribution in [0.5, 0.6) is 0 Å². The maximum Gasteiger partial charge on any atom is 0.270 e. The lowest BCUT2D eigenvalue weighted by molar-refractivity contribution is 0.0695. The number of nitrogens with zero attached hydrogens (tertiary/aromatic N) is 2. The van der Waals surface area contributed by atoms with Gasteiger partial charge in [0, 0.05) is 32.8 Å². The SMILES string of the molecule is Cc1ccc(CNC(=O)c2ccc3n(c2=O)CCN(CC2(S(=O)(=O)CCCO)CC2)C3=O)cc1. The number of rotatable bonds is 9. The molecule has 0 saturated heterocycles. The summed E-state index contributed by atoms with van der Waals surface area (Å²) in [6.07, 6.45) is 1.14. The molecule has 10 heteroatoms. The number of carbonyl (C=O) groups is 2. The monoisotopic (exact) mass is 487 g/mol. The third-order valence-corrected chi connectivity index (χ3v) is 9.29. The highest BCUT2D eigenvalue weighted by Crippen LogP contribution is 2.45. The number of fused-ring (bicyclic) bond motifs is 1. The molecule has 2 N–H and O–H groups in total. The number of benzene rings is 1. The predicted molar refractivity (Wildman–Crippen MR) is 126 cm³/mol. The zero-order valence-electron chi connectivity index (χ0n) is 19.1. The van der Waals surface area contributed by atoms with E-state index in [2.05, 4.69) is 5.32 Å². The smallest absolute Gasteiger partial charge is 0.270 e. The molecule has 4 rings (SSSR count). The van der Waals surface area contributed by atoms with Gasteiger partial charge >= 0.3 is 0 Å². The summed E-state index contributed by atoms with van der Waals surface area (Å²) in [5.74, 6) is -1.04. The number of pyridine rings is 1. The van der Waals surface area contributed by atoms with Crippen molar-refractivity contribution in [1.29, 1.82) is 0 Å². The zero-order valence-corrected chi connectivity index (χ0v) is 19.9. The Balaban J connectivity index is 1.47. The van der Waals surface area contributed by atoms with Gasteiger partial charge in [-0.05, 0) is 43.9 Å². The second kappa shape index (κ2) is 9.34. The first-order valence-corrected chi connectivity index (χ1v) is 13.0. The fourth-order valence-corrected chi connectivity index (χ4v) is 6.32. The van der Waals surface area contributed by atoms with E-state index >= 15 is 0 Å². The standard InChI is InChI=1S/C24H29N3O6S/c1-17-3-5-18(6-4-17)15-25-21(29)19-7-8-20-23(31)26(11-12-27(20)22(19)30)16-24(9-10-24)34(32,33)14-2-13-28/h3-8,28H,2,9-16H2,1H3,(H,25,29). The van der Waals surface area contributed by atoms with Gasteiger partial charge in [-0.2, -0.15) is 0 Å². The highest BCUT2D eigenvalue weighted by molar-refractivity contribution is 7.93. The molecular formula is C24H29N3O6S. The summed E-state index contributed by atoms with van der Waals surface area (Å²) in [5, 5.41) is 11.7. The Kier molecular flexibility index (Phi) is 6.64. The fraction of sp³-hybridized carbons (Fsp3) is 0.458. The Hall–Kier alpha value is -2.98. The molecule has 182 valence electrons. The summed E-state index contributed by atoms with van der Waals surface area (Å²) in [6, 6.07) is 10.5. The largest absolute Gasteiger partial charge is 0.396 e. The molecule has 1 aromatic heterocycles. The molecule has 1 saturated carbocycles. The first-order valence-electron chi connectivity index (χ1n) is 11.4. The van der Waals surface area contributed by atoms with Crippen LogP contribution in [0.25, 0.3) is 0 Å². The van der Waals surface area contributed by atoms with Crippen molar-refractivity contribution in [2.45, 2.75) is 44.0 Å². The van der Waals surface area contributed by atoms with Crippen molar-refractivity contribution in [2.75, 3.05) is 25.4 Å². The number of aliphatic hydroxyl groups is 1. The van der Waals surface area contributed by atoms with Crippen LogP contribution in [0.3, 0.4) is 0 Å². The molecule has 2 aliphatic rings.